The van der Waals surface area contributed by atoms with Crippen molar-refractivity contribution in [1.29, 1.82) is 0 Å². The van der Waals surface area contributed by atoms with Crippen molar-refractivity contribution < 1.29 is 19.1 Å². The maximum absolute atomic E-state index is 12.3. The molecule has 2 aromatic carbocycles. The summed E-state index contributed by atoms with van der Waals surface area (Å²) in [5, 5.41) is 9.09. The second-order valence-electron chi connectivity index (χ2n) is 5.67. The van der Waals surface area contributed by atoms with E-state index in [9.17, 15) is 19.2 Å². The van der Waals surface area contributed by atoms with Crippen LogP contribution in [0.25, 0.3) is 10.8 Å². The number of ether oxygens (including phenoxy) is 1. The summed E-state index contributed by atoms with van der Waals surface area (Å²) in [6, 6.07) is 12.9. The van der Waals surface area contributed by atoms with E-state index in [1.807, 2.05) is 0 Å². The number of aromatic nitrogens is 2. The average molecular weight is 365 g/mol. The normalized spacial score (nSPS) is 10.4. The lowest BCUT2D eigenvalue weighted by atomic mass is 10.1. The number of rotatable bonds is 5. The molecule has 0 bridgehead atoms. The first-order chi connectivity index (χ1) is 13.0. The zero-order chi connectivity index (χ0) is 19.4. The molecule has 0 unspecified atom stereocenters. The smallest absolute Gasteiger partial charge is 0.359 e. The summed E-state index contributed by atoms with van der Waals surface area (Å²) in [4.78, 5) is 47.6. The van der Waals surface area contributed by atoms with Crippen molar-refractivity contribution in [2.75, 3.05) is 11.9 Å². The van der Waals surface area contributed by atoms with Crippen LogP contribution in [0.1, 0.15) is 27.8 Å². The van der Waals surface area contributed by atoms with Crippen molar-refractivity contribution in [1.82, 2.24) is 10.2 Å². The van der Waals surface area contributed by atoms with Crippen LogP contribution in [-0.4, -0.2) is 34.5 Å². The molecule has 0 fully saturated rings. The number of hydrogen-bond acceptors (Lipinski definition) is 6. The Hall–Kier alpha value is -3.81. The van der Waals surface area contributed by atoms with Crippen LogP contribution < -0.4 is 10.9 Å². The summed E-state index contributed by atoms with van der Waals surface area (Å²) < 4.78 is 4.99. The van der Waals surface area contributed by atoms with Gasteiger partial charge in [0, 0.05) is 10.9 Å². The monoisotopic (exact) mass is 365 g/mol. The fourth-order valence-corrected chi connectivity index (χ4v) is 2.56. The van der Waals surface area contributed by atoms with Crippen molar-refractivity contribution in [3.63, 3.8) is 0 Å². The number of anilines is 1. The van der Waals surface area contributed by atoms with Crippen LogP contribution in [0.5, 0.6) is 0 Å². The Labute approximate surface area is 153 Å². The van der Waals surface area contributed by atoms with Gasteiger partial charge in [-0.3, -0.25) is 14.4 Å². The first kappa shape index (κ1) is 18.0. The Balaban J connectivity index is 1.72. The van der Waals surface area contributed by atoms with Gasteiger partial charge in [0.2, 0.25) is 0 Å². The Morgan fingerprint density at radius 2 is 1.70 bits per heavy atom. The Morgan fingerprint density at radius 3 is 2.44 bits per heavy atom. The van der Waals surface area contributed by atoms with Crippen LogP contribution >= 0.6 is 0 Å². The molecule has 136 valence electrons. The van der Waals surface area contributed by atoms with Crippen LogP contribution in [-0.2, 0) is 9.53 Å². The molecule has 1 amide bonds. The van der Waals surface area contributed by atoms with E-state index in [-0.39, 0.29) is 11.5 Å². The SMILES string of the molecule is CC(=O)c1ccccc1NC(=O)COC(=O)c1n[nH]c(=O)c2ccccc12. The molecule has 0 aliphatic rings. The largest absolute Gasteiger partial charge is 0.451 e. The number of carbonyl (C=O) groups excluding carboxylic acids is 3. The number of H-pyrrole nitrogens is 1. The number of benzene rings is 2. The zero-order valence-electron chi connectivity index (χ0n) is 14.3. The third kappa shape index (κ3) is 3.90. The van der Waals surface area contributed by atoms with E-state index < -0.39 is 24.0 Å². The van der Waals surface area contributed by atoms with E-state index in [1.54, 1.807) is 48.5 Å². The maximum atomic E-state index is 12.3. The second kappa shape index (κ2) is 7.61. The molecule has 0 atom stereocenters. The summed E-state index contributed by atoms with van der Waals surface area (Å²) in [6.45, 7) is 0.818. The fourth-order valence-electron chi connectivity index (χ4n) is 2.56. The summed E-state index contributed by atoms with van der Waals surface area (Å²) in [7, 11) is 0. The molecular weight excluding hydrogens is 350 g/mol. The summed E-state index contributed by atoms with van der Waals surface area (Å²) in [5.41, 5.74) is 0.159. The molecule has 3 rings (SSSR count). The highest BCUT2D eigenvalue weighted by molar-refractivity contribution is 6.05. The highest BCUT2D eigenvalue weighted by Gasteiger charge is 2.17. The van der Waals surface area contributed by atoms with Gasteiger partial charge < -0.3 is 10.1 Å². The molecule has 3 aromatic rings. The predicted octanol–water partition coefficient (Wildman–Crippen LogP) is 1.92. The number of carbonyl (C=O) groups is 3. The van der Waals surface area contributed by atoms with Gasteiger partial charge in [-0.2, -0.15) is 5.10 Å². The number of hydrogen-bond donors (Lipinski definition) is 2. The summed E-state index contributed by atoms with van der Waals surface area (Å²) in [5.74, 6) is -1.66. The van der Waals surface area contributed by atoms with Gasteiger partial charge in [0.25, 0.3) is 11.5 Å². The Kier molecular flexibility index (Phi) is 5.07. The van der Waals surface area contributed by atoms with Gasteiger partial charge in [0.1, 0.15) is 0 Å². The van der Waals surface area contributed by atoms with Crippen molar-refractivity contribution in [2.45, 2.75) is 6.92 Å². The lowest BCUT2D eigenvalue weighted by molar-refractivity contribution is -0.119. The minimum absolute atomic E-state index is 0.0952. The number of ketones is 1. The van der Waals surface area contributed by atoms with Crippen LogP contribution in [0, 0.1) is 0 Å². The van der Waals surface area contributed by atoms with Gasteiger partial charge in [-0.15, -0.1) is 0 Å². The third-order valence-corrected chi connectivity index (χ3v) is 3.80. The maximum Gasteiger partial charge on any atom is 0.359 e. The number of esters is 1. The topological polar surface area (TPSA) is 118 Å². The van der Waals surface area contributed by atoms with Gasteiger partial charge in [-0.05, 0) is 25.1 Å². The van der Waals surface area contributed by atoms with E-state index in [2.05, 4.69) is 15.5 Å². The number of fused-ring (bicyclic) bond motifs is 1. The van der Waals surface area contributed by atoms with Crippen LogP contribution in [0.3, 0.4) is 0 Å². The Bertz CT molecular complexity index is 1100. The molecule has 0 aliphatic heterocycles. The van der Waals surface area contributed by atoms with Gasteiger partial charge in [-0.1, -0.05) is 30.3 Å². The molecule has 27 heavy (non-hydrogen) atoms. The zero-order valence-corrected chi connectivity index (χ0v) is 14.3. The minimum Gasteiger partial charge on any atom is -0.451 e. The van der Waals surface area contributed by atoms with E-state index >= 15 is 0 Å². The van der Waals surface area contributed by atoms with Crippen LogP contribution in [0.4, 0.5) is 5.69 Å². The molecule has 0 radical (unpaired) electrons. The predicted molar refractivity (Wildman–Crippen MR) is 97.7 cm³/mol. The number of aromatic amines is 1. The van der Waals surface area contributed by atoms with E-state index in [0.29, 0.717) is 22.0 Å². The fraction of sp³-hybridized carbons (Fsp3) is 0.105. The van der Waals surface area contributed by atoms with Gasteiger partial charge in [0.05, 0.1) is 11.1 Å². The van der Waals surface area contributed by atoms with Crippen molar-refractivity contribution >= 4 is 34.1 Å². The number of nitrogens with one attached hydrogen (secondary N) is 2. The number of para-hydroxylation sites is 1. The molecule has 8 heteroatoms. The minimum atomic E-state index is -0.850. The summed E-state index contributed by atoms with van der Waals surface area (Å²) >= 11 is 0. The molecule has 0 saturated heterocycles. The number of amides is 1. The molecular formula is C19H15N3O5. The van der Waals surface area contributed by atoms with Crippen molar-refractivity contribution in [3.05, 3.63) is 70.1 Å². The van der Waals surface area contributed by atoms with Gasteiger partial charge in [0.15, 0.2) is 18.1 Å². The highest BCUT2D eigenvalue weighted by atomic mass is 16.5. The molecule has 2 N–H and O–H groups in total. The first-order valence-electron chi connectivity index (χ1n) is 8.01. The molecule has 1 heterocycles. The number of nitrogens with zero attached hydrogens (tertiary/aromatic N) is 1. The van der Waals surface area contributed by atoms with Gasteiger partial charge >= 0.3 is 5.97 Å². The molecule has 0 spiro atoms. The summed E-state index contributed by atoms with van der Waals surface area (Å²) in [6.07, 6.45) is 0. The second-order valence-corrected chi connectivity index (χ2v) is 5.67. The lowest BCUT2D eigenvalue weighted by Gasteiger charge is -2.09. The van der Waals surface area contributed by atoms with Crippen LogP contribution in [0.2, 0.25) is 0 Å². The molecule has 8 nitrogen and oxygen atoms in total. The molecule has 0 aliphatic carbocycles. The van der Waals surface area contributed by atoms with E-state index in [0.717, 1.165) is 0 Å². The highest BCUT2D eigenvalue weighted by Crippen LogP contribution is 2.16. The lowest BCUT2D eigenvalue weighted by Crippen LogP contribution is -2.23. The van der Waals surface area contributed by atoms with Crippen molar-refractivity contribution in [3.8, 4) is 0 Å². The van der Waals surface area contributed by atoms with Crippen LogP contribution in [0.15, 0.2) is 53.3 Å². The van der Waals surface area contributed by atoms with E-state index in [1.165, 1.54) is 6.92 Å². The third-order valence-electron chi connectivity index (χ3n) is 3.80. The standard InChI is InChI=1S/C19H15N3O5/c1-11(23)12-6-4-5-9-15(12)20-16(24)10-27-19(26)17-13-7-2-3-8-14(13)18(25)22-21-17/h2-9H,10H2,1H3,(H,20,24)(H,22,25). The van der Waals surface area contributed by atoms with E-state index in [4.69, 9.17) is 4.74 Å². The Morgan fingerprint density at radius 1 is 1.04 bits per heavy atom. The first-order valence-corrected chi connectivity index (χ1v) is 8.01. The van der Waals surface area contributed by atoms with Gasteiger partial charge in [-0.25, -0.2) is 9.89 Å². The molecule has 1 aromatic heterocycles. The van der Waals surface area contributed by atoms with Crippen molar-refractivity contribution in [2.24, 2.45) is 0 Å². The molecule has 0 saturated carbocycles. The average Bonchev–Trinajstić information content (AvgIpc) is 2.67. The quantitative estimate of drug-likeness (QED) is 0.527. The number of Topliss-reactive ketones (excluding diaryl/α,β-unsaturated/α-hetero) is 1.